The Bertz CT molecular complexity index is 330. The van der Waals surface area contributed by atoms with Crippen molar-refractivity contribution in [2.45, 2.75) is 40.2 Å². The van der Waals surface area contributed by atoms with Gasteiger partial charge in [0.25, 0.3) is 0 Å². The van der Waals surface area contributed by atoms with E-state index in [9.17, 15) is 0 Å². The van der Waals surface area contributed by atoms with Crippen LogP contribution < -0.4 is 5.32 Å². The van der Waals surface area contributed by atoms with Gasteiger partial charge in [-0.2, -0.15) is 0 Å². The van der Waals surface area contributed by atoms with Crippen LogP contribution in [0.2, 0.25) is 0 Å². The lowest BCUT2D eigenvalue weighted by molar-refractivity contribution is 0.199. The smallest absolute Gasteiger partial charge is 0.128 e. The average Bonchev–Trinajstić information content (AvgIpc) is 2.27. The summed E-state index contributed by atoms with van der Waals surface area (Å²) >= 11 is 0. The lowest BCUT2D eigenvalue weighted by atomic mass is 10.1. The molecule has 96 valence electrons. The number of methoxy groups -OCH3 is 1. The molecule has 1 N–H and O–H groups in total. The Morgan fingerprint density at radius 1 is 1.18 bits per heavy atom. The number of rotatable bonds is 7. The molecule has 0 aliphatic rings. The van der Waals surface area contributed by atoms with Crippen LogP contribution in [0.3, 0.4) is 0 Å². The molecular weight excluding hydrogens is 214 g/mol. The average molecular weight is 237 g/mol. The number of nitrogens with zero attached hydrogens (tertiary/aromatic N) is 2. The van der Waals surface area contributed by atoms with E-state index in [2.05, 4.69) is 36.1 Å². The fourth-order valence-corrected chi connectivity index (χ4v) is 1.79. The summed E-state index contributed by atoms with van der Waals surface area (Å²) in [6, 6.07) is 0. The Balaban J connectivity index is 2.65. The number of ether oxygens (including phenoxy) is 1. The van der Waals surface area contributed by atoms with E-state index in [0.717, 1.165) is 49.8 Å². The zero-order valence-electron chi connectivity index (χ0n) is 11.3. The molecule has 0 aromatic carbocycles. The van der Waals surface area contributed by atoms with Crippen molar-refractivity contribution in [1.82, 2.24) is 15.3 Å². The van der Waals surface area contributed by atoms with Gasteiger partial charge >= 0.3 is 0 Å². The molecule has 0 spiro atoms. The molecule has 0 radical (unpaired) electrons. The summed E-state index contributed by atoms with van der Waals surface area (Å²) in [7, 11) is 1.71. The van der Waals surface area contributed by atoms with Crippen LogP contribution in [0.25, 0.3) is 0 Å². The Hall–Kier alpha value is -1.00. The summed E-state index contributed by atoms with van der Waals surface area (Å²) in [5.41, 5.74) is 3.39. The van der Waals surface area contributed by atoms with Crippen molar-refractivity contribution in [3.8, 4) is 0 Å². The minimum absolute atomic E-state index is 0.729. The predicted octanol–water partition coefficient (Wildman–Crippen LogP) is 1.78. The third-order valence-electron chi connectivity index (χ3n) is 2.73. The molecule has 4 heteroatoms. The molecule has 1 rings (SSSR count). The molecule has 1 aromatic rings. The minimum Gasteiger partial charge on any atom is -0.383 e. The van der Waals surface area contributed by atoms with Crippen molar-refractivity contribution in [3.05, 3.63) is 22.8 Å². The molecule has 1 aromatic heterocycles. The van der Waals surface area contributed by atoms with Gasteiger partial charge in [0, 0.05) is 43.6 Å². The van der Waals surface area contributed by atoms with Crippen molar-refractivity contribution in [2.75, 3.05) is 20.3 Å². The molecule has 17 heavy (non-hydrogen) atoms. The van der Waals surface area contributed by atoms with E-state index < -0.39 is 0 Å². The van der Waals surface area contributed by atoms with Gasteiger partial charge in [0.2, 0.25) is 0 Å². The van der Waals surface area contributed by atoms with Gasteiger partial charge in [0.05, 0.1) is 6.61 Å². The Kier molecular flexibility index (Phi) is 6.08. The van der Waals surface area contributed by atoms with E-state index in [1.165, 1.54) is 5.56 Å². The maximum Gasteiger partial charge on any atom is 0.128 e. The molecule has 0 saturated carbocycles. The number of aryl methyl sites for hydroxylation is 3. The van der Waals surface area contributed by atoms with Gasteiger partial charge < -0.3 is 10.1 Å². The van der Waals surface area contributed by atoms with Crippen molar-refractivity contribution < 1.29 is 4.74 Å². The fraction of sp³-hybridized carbons (Fsp3) is 0.692. The number of nitrogens with one attached hydrogen (secondary N) is 1. The first-order valence-electron chi connectivity index (χ1n) is 6.21. The molecule has 4 nitrogen and oxygen atoms in total. The second kappa shape index (κ2) is 7.35. The van der Waals surface area contributed by atoms with Gasteiger partial charge in [-0.25, -0.2) is 9.97 Å². The van der Waals surface area contributed by atoms with E-state index in [0.29, 0.717) is 0 Å². The SMILES string of the molecule is CCCc1nc(C)c(CNCCOC)c(C)n1. The maximum atomic E-state index is 5.00. The Morgan fingerprint density at radius 3 is 2.35 bits per heavy atom. The molecule has 0 bridgehead atoms. The van der Waals surface area contributed by atoms with Crippen LogP contribution in [0, 0.1) is 13.8 Å². The minimum atomic E-state index is 0.729. The fourth-order valence-electron chi connectivity index (χ4n) is 1.79. The standard InChI is InChI=1S/C13H23N3O/c1-5-6-13-15-10(2)12(11(3)16-13)9-14-7-8-17-4/h14H,5-9H2,1-4H3. The first kappa shape index (κ1) is 14.1. The molecule has 0 aliphatic heterocycles. The topological polar surface area (TPSA) is 47.0 Å². The maximum absolute atomic E-state index is 5.00. The summed E-state index contributed by atoms with van der Waals surface area (Å²) in [6.07, 6.45) is 2.05. The van der Waals surface area contributed by atoms with Crippen molar-refractivity contribution in [3.63, 3.8) is 0 Å². The monoisotopic (exact) mass is 237 g/mol. The van der Waals surface area contributed by atoms with Gasteiger partial charge in [0.15, 0.2) is 0 Å². The van der Waals surface area contributed by atoms with Crippen LogP contribution >= 0.6 is 0 Å². The summed E-state index contributed by atoms with van der Waals surface area (Å²) < 4.78 is 5.00. The van der Waals surface area contributed by atoms with Crippen LogP contribution in [0.15, 0.2) is 0 Å². The van der Waals surface area contributed by atoms with Crippen LogP contribution in [0.4, 0.5) is 0 Å². The van der Waals surface area contributed by atoms with E-state index >= 15 is 0 Å². The van der Waals surface area contributed by atoms with Gasteiger partial charge in [-0.1, -0.05) is 6.92 Å². The molecule has 0 aliphatic carbocycles. The molecule has 0 fully saturated rings. The number of aromatic nitrogens is 2. The number of hydrogen-bond acceptors (Lipinski definition) is 4. The Labute approximate surface area is 104 Å². The van der Waals surface area contributed by atoms with Crippen LogP contribution in [-0.4, -0.2) is 30.2 Å². The highest BCUT2D eigenvalue weighted by atomic mass is 16.5. The van der Waals surface area contributed by atoms with E-state index in [1.54, 1.807) is 7.11 Å². The molecular formula is C13H23N3O. The third kappa shape index (κ3) is 4.40. The summed E-state index contributed by atoms with van der Waals surface area (Å²) in [4.78, 5) is 9.08. The van der Waals surface area contributed by atoms with E-state index in [4.69, 9.17) is 4.74 Å². The zero-order chi connectivity index (χ0) is 12.7. The van der Waals surface area contributed by atoms with Crippen LogP contribution in [-0.2, 0) is 17.7 Å². The molecule has 1 heterocycles. The highest BCUT2D eigenvalue weighted by Gasteiger charge is 2.07. The second-order valence-electron chi connectivity index (χ2n) is 4.21. The molecule has 0 amide bonds. The summed E-state index contributed by atoms with van der Waals surface area (Å²) in [5.74, 6) is 0.961. The van der Waals surface area contributed by atoms with Gasteiger partial charge in [-0.15, -0.1) is 0 Å². The second-order valence-corrected chi connectivity index (χ2v) is 4.21. The predicted molar refractivity (Wildman–Crippen MR) is 69.1 cm³/mol. The van der Waals surface area contributed by atoms with Crippen molar-refractivity contribution >= 4 is 0 Å². The normalized spacial score (nSPS) is 10.8. The number of hydrogen-bond donors (Lipinski definition) is 1. The zero-order valence-corrected chi connectivity index (χ0v) is 11.3. The first-order chi connectivity index (χ1) is 8.19. The highest BCUT2D eigenvalue weighted by molar-refractivity contribution is 5.24. The molecule has 0 saturated heterocycles. The van der Waals surface area contributed by atoms with Crippen LogP contribution in [0.1, 0.15) is 36.1 Å². The van der Waals surface area contributed by atoms with Gasteiger partial charge in [-0.05, 0) is 20.3 Å². The third-order valence-corrected chi connectivity index (χ3v) is 2.73. The van der Waals surface area contributed by atoms with E-state index in [1.807, 2.05) is 0 Å². The quantitative estimate of drug-likeness (QED) is 0.734. The highest BCUT2D eigenvalue weighted by Crippen LogP contribution is 2.10. The van der Waals surface area contributed by atoms with Gasteiger partial charge in [-0.3, -0.25) is 0 Å². The lowest BCUT2D eigenvalue weighted by Gasteiger charge is -2.11. The summed E-state index contributed by atoms with van der Waals surface area (Å²) in [6.45, 7) is 8.66. The Morgan fingerprint density at radius 2 is 1.82 bits per heavy atom. The largest absolute Gasteiger partial charge is 0.383 e. The van der Waals surface area contributed by atoms with E-state index in [-0.39, 0.29) is 0 Å². The molecule has 0 atom stereocenters. The van der Waals surface area contributed by atoms with Crippen molar-refractivity contribution in [1.29, 1.82) is 0 Å². The van der Waals surface area contributed by atoms with Crippen molar-refractivity contribution in [2.24, 2.45) is 0 Å². The lowest BCUT2D eigenvalue weighted by Crippen LogP contribution is -2.20. The van der Waals surface area contributed by atoms with Gasteiger partial charge in [0.1, 0.15) is 5.82 Å². The first-order valence-corrected chi connectivity index (χ1v) is 6.21. The molecule has 0 unspecified atom stereocenters. The summed E-state index contributed by atoms with van der Waals surface area (Å²) in [5, 5.41) is 3.33. The van der Waals surface area contributed by atoms with Crippen LogP contribution in [0.5, 0.6) is 0 Å².